The molecule has 3 rings (SSSR count). The Hall–Kier alpha value is -2.63. The van der Waals surface area contributed by atoms with Gasteiger partial charge >= 0.3 is 0 Å². The van der Waals surface area contributed by atoms with E-state index in [0.29, 0.717) is 6.54 Å². The third-order valence-corrected chi connectivity index (χ3v) is 3.16. The minimum Gasteiger partial charge on any atom is -0.378 e. The zero-order valence-electron chi connectivity index (χ0n) is 11.3. The van der Waals surface area contributed by atoms with Crippen LogP contribution in [0.25, 0.3) is 5.69 Å². The summed E-state index contributed by atoms with van der Waals surface area (Å²) in [6, 6.07) is 8.11. The van der Waals surface area contributed by atoms with Gasteiger partial charge in [0.2, 0.25) is 0 Å². The van der Waals surface area contributed by atoms with Crippen LogP contribution in [0.2, 0.25) is 0 Å². The SMILES string of the molecule is CCn1ccnc1CNc1cccc(-n2cnnc2)c1. The molecular weight excluding hydrogens is 252 g/mol. The molecule has 0 atom stereocenters. The Balaban J connectivity index is 1.74. The summed E-state index contributed by atoms with van der Waals surface area (Å²) in [5.41, 5.74) is 2.07. The second kappa shape index (κ2) is 5.56. The lowest BCUT2D eigenvalue weighted by Crippen LogP contribution is -2.07. The molecule has 2 aromatic heterocycles. The van der Waals surface area contributed by atoms with Crippen LogP contribution in [0.4, 0.5) is 5.69 Å². The van der Waals surface area contributed by atoms with Gasteiger partial charge in [-0.3, -0.25) is 4.57 Å². The zero-order chi connectivity index (χ0) is 13.8. The van der Waals surface area contributed by atoms with Crippen LogP contribution in [0.5, 0.6) is 0 Å². The van der Waals surface area contributed by atoms with Crippen molar-refractivity contribution in [3.8, 4) is 5.69 Å². The molecule has 6 heteroatoms. The average molecular weight is 268 g/mol. The highest BCUT2D eigenvalue weighted by atomic mass is 15.2. The topological polar surface area (TPSA) is 60.6 Å². The Morgan fingerprint density at radius 1 is 1.20 bits per heavy atom. The van der Waals surface area contributed by atoms with Gasteiger partial charge < -0.3 is 9.88 Å². The standard InChI is InChI=1S/C14H16N6/c1-2-19-7-6-15-14(19)9-16-12-4-3-5-13(8-12)20-10-17-18-11-20/h3-8,10-11,16H,2,9H2,1H3. The molecule has 0 spiro atoms. The minimum absolute atomic E-state index is 0.701. The van der Waals surface area contributed by atoms with Crippen LogP contribution >= 0.6 is 0 Å². The number of aromatic nitrogens is 5. The maximum absolute atomic E-state index is 4.35. The summed E-state index contributed by atoms with van der Waals surface area (Å²) in [6.45, 7) is 3.74. The summed E-state index contributed by atoms with van der Waals surface area (Å²) in [5, 5.41) is 11.0. The van der Waals surface area contributed by atoms with E-state index in [1.807, 2.05) is 35.2 Å². The van der Waals surface area contributed by atoms with Crippen LogP contribution in [-0.2, 0) is 13.1 Å². The fourth-order valence-corrected chi connectivity index (χ4v) is 2.09. The largest absolute Gasteiger partial charge is 0.378 e. The van der Waals surface area contributed by atoms with Crippen LogP contribution < -0.4 is 5.32 Å². The van der Waals surface area contributed by atoms with Gasteiger partial charge in [0, 0.05) is 24.6 Å². The fraction of sp³-hybridized carbons (Fsp3) is 0.214. The highest BCUT2D eigenvalue weighted by Gasteiger charge is 2.02. The number of hydrogen-bond donors (Lipinski definition) is 1. The van der Waals surface area contributed by atoms with Crippen molar-refractivity contribution in [1.82, 2.24) is 24.3 Å². The highest BCUT2D eigenvalue weighted by molar-refractivity contribution is 5.51. The average Bonchev–Trinajstić information content (AvgIpc) is 3.16. The zero-order valence-corrected chi connectivity index (χ0v) is 11.3. The van der Waals surface area contributed by atoms with E-state index in [1.165, 1.54) is 0 Å². The monoisotopic (exact) mass is 268 g/mol. The molecule has 0 bridgehead atoms. The van der Waals surface area contributed by atoms with Gasteiger partial charge in [0.1, 0.15) is 18.5 Å². The van der Waals surface area contributed by atoms with Gasteiger partial charge in [0.15, 0.2) is 0 Å². The maximum Gasteiger partial charge on any atom is 0.128 e. The molecular formula is C14H16N6. The van der Waals surface area contributed by atoms with Gasteiger partial charge in [0.05, 0.1) is 12.2 Å². The molecule has 0 aliphatic carbocycles. The van der Waals surface area contributed by atoms with Gasteiger partial charge in [-0.05, 0) is 25.1 Å². The third kappa shape index (κ3) is 2.54. The third-order valence-electron chi connectivity index (χ3n) is 3.16. The van der Waals surface area contributed by atoms with E-state index >= 15 is 0 Å². The fourth-order valence-electron chi connectivity index (χ4n) is 2.09. The first-order valence-electron chi connectivity index (χ1n) is 6.56. The van der Waals surface area contributed by atoms with Crippen molar-refractivity contribution in [3.05, 3.63) is 55.1 Å². The van der Waals surface area contributed by atoms with Crippen molar-refractivity contribution in [2.24, 2.45) is 0 Å². The van der Waals surface area contributed by atoms with Gasteiger partial charge in [-0.1, -0.05) is 6.07 Å². The van der Waals surface area contributed by atoms with E-state index in [9.17, 15) is 0 Å². The van der Waals surface area contributed by atoms with Crippen molar-refractivity contribution in [2.75, 3.05) is 5.32 Å². The summed E-state index contributed by atoms with van der Waals surface area (Å²) in [6.07, 6.45) is 7.19. The van der Waals surface area contributed by atoms with Gasteiger partial charge in [-0.2, -0.15) is 0 Å². The van der Waals surface area contributed by atoms with Crippen molar-refractivity contribution in [2.45, 2.75) is 20.0 Å². The minimum atomic E-state index is 0.701. The lowest BCUT2D eigenvalue weighted by molar-refractivity contribution is 0.708. The quantitative estimate of drug-likeness (QED) is 0.769. The van der Waals surface area contributed by atoms with Crippen molar-refractivity contribution in [1.29, 1.82) is 0 Å². The molecule has 0 saturated heterocycles. The number of imidazole rings is 1. The van der Waals surface area contributed by atoms with Gasteiger partial charge in [-0.15, -0.1) is 10.2 Å². The lowest BCUT2D eigenvalue weighted by Gasteiger charge is -2.09. The summed E-state index contributed by atoms with van der Waals surface area (Å²) < 4.78 is 3.99. The number of hydrogen-bond acceptors (Lipinski definition) is 4. The van der Waals surface area contributed by atoms with E-state index in [4.69, 9.17) is 0 Å². The summed E-state index contributed by atoms with van der Waals surface area (Å²) in [7, 11) is 0. The molecule has 0 aliphatic rings. The molecule has 3 aromatic rings. The number of nitrogens with zero attached hydrogens (tertiary/aromatic N) is 5. The number of rotatable bonds is 5. The van der Waals surface area contributed by atoms with Gasteiger partial charge in [-0.25, -0.2) is 4.98 Å². The summed E-state index contributed by atoms with van der Waals surface area (Å²) in [4.78, 5) is 4.35. The molecule has 6 nitrogen and oxygen atoms in total. The predicted molar refractivity (Wildman–Crippen MR) is 76.6 cm³/mol. The van der Waals surface area contributed by atoms with Crippen LogP contribution in [-0.4, -0.2) is 24.3 Å². The smallest absolute Gasteiger partial charge is 0.128 e. The van der Waals surface area contributed by atoms with Gasteiger partial charge in [0.25, 0.3) is 0 Å². The molecule has 2 heterocycles. The van der Waals surface area contributed by atoms with E-state index in [1.54, 1.807) is 12.7 Å². The molecule has 0 saturated carbocycles. The van der Waals surface area contributed by atoms with Crippen molar-refractivity contribution in [3.63, 3.8) is 0 Å². The Morgan fingerprint density at radius 3 is 2.85 bits per heavy atom. The van der Waals surface area contributed by atoms with Crippen molar-refractivity contribution < 1.29 is 0 Å². The molecule has 102 valence electrons. The van der Waals surface area contributed by atoms with E-state index in [2.05, 4.69) is 38.1 Å². The van der Waals surface area contributed by atoms with E-state index in [-0.39, 0.29) is 0 Å². The maximum atomic E-state index is 4.35. The first kappa shape index (κ1) is 12.4. The van der Waals surface area contributed by atoms with E-state index < -0.39 is 0 Å². The molecule has 1 N–H and O–H groups in total. The lowest BCUT2D eigenvalue weighted by atomic mass is 10.2. The van der Waals surface area contributed by atoms with Crippen molar-refractivity contribution >= 4 is 5.69 Å². The number of benzene rings is 1. The number of aryl methyl sites for hydroxylation is 1. The van der Waals surface area contributed by atoms with Crippen LogP contribution in [0.3, 0.4) is 0 Å². The first-order valence-corrected chi connectivity index (χ1v) is 6.56. The second-order valence-electron chi connectivity index (χ2n) is 4.40. The Labute approximate surface area is 117 Å². The van der Waals surface area contributed by atoms with Crippen LogP contribution in [0.15, 0.2) is 49.3 Å². The molecule has 20 heavy (non-hydrogen) atoms. The molecule has 0 unspecified atom stereocenters. The van der Waals surface area contributed by atoms with E-state index in [0.717, 1.165) is 23.7 Å². The van der Waals surface area contributed by atoms with Crippen LogP contribution in [0, 0.1) is 0 Å². The normalized spacial score (nSPS) is 10.7. The molecule has 1 aromatic carbocycles. The number of nitrogens with one attached hydrogen (secondary N) is 1. The number of anilines is 1. The Morgan fingerprint density at radius 2 is 2.05 bits per heavy atom. The summed E-state index contributed by atoms with van der Waals surface area (Å²) in [5.74, 6) is 1.03. The van der Waals surface area contributed by atoms with Crippen LogP contribution in [0.1, 0.15) is 12.7 Å². The summed E-state index contributed by atoms with van der Waals surface area (Å²) >= 11 is 0. The Kier molecular flexibility index (Phi) is 3.45. The molecule has 0 amide bonds. The molecule has 0 fully saturated rings. The Bertz CT molecular complexity index is 671. The molecule has 0 radical (unpaired) electrons. The second-order valence-corrected chi connectivity index (χ2v) is 4.40. The molecule has 0 aliphatic heterocycles. The highest BCUT2D eigenvalue weighted by Crippen LogP contribution is 2.14. The first-order chi connectivity index (χ1) is 9.86. The predicted octanol–water partition coefficient (Wildman–Crippen LogP) is 2.10.